The highest BCUT2D eigenvalue weighted by Gasteiger charge is 2.37. The van der Waals surface area contributed by atoms with E-state index < -0.39 is 0 Å². The van der Waals surface area contributed by atoms with Gasteiger partial charge < -0.3 is 5.73 Å². The first-order valence-corrected chi connectivity index (χ1v) is 20.3. The number of nitrogens with one attached hydrogen (secondary N) is 1. The van der Waals surface area contributed by atoms with E-state index in [9.17, 15) is 0 Å². The summed E-state index contributed by atoms with van der Waals surface area (Å²) in [5, 5.41) is 8.95. The minimum Gasteiger partial charge on any atom is -0.312 e. The van der Waals surface area contributed by atoms with E-state index in [4.69, 9.17) is 5.73 Å². The van der Waals surface area contributed by atoms with Crippen LogP contribution in [0.2, 0.25) is 0 Å². The Kier molecular flexibility index (Phi) is 8.53. The van der Waals surface area contributed by atoms with Crippen LogP contribution < -0.4 is 11.1 Å². The number of thiophene rings is 1. The van der Waals surface area contributed by atoms with E-state index in [-0.39, 0.29) is 17.6 Å². The highest BCUT2D eigenvalue weighted by molar-refractivity contribution is 7.25. The molecule has 0 fully saturated rings. The number of benzene rings is 8. The second-order valence-electron chi connectivity index (χ2n) is 15.5. The van der Waals surface area contributed by atoms with E-state index in [2.05, 4.69) is 189 Å². The van der Waals surface area contributed by atoms with Gasteiger partial charge in [0, 0.05) is 25.6 Å². The highest BCUT2D eigenvalue weighted by Crippen LogP contribution is 2.53. The fourth-order valence-electron chi connectivity index (χ4n) is 8.86. The summed E-state index contributed by atoms with van der Waals surface area (Å²) in [6, 6.07) is 63.8. The van der Waals surface area contributed by atoms with Crippen LogP contribution in [0.3, 0.4) is 0 Å². The van der Waals surface area contributed by atoms with Crippen LogP contribution in [0.4, 0.5) is 0 Å². The first-order chi connectivity index (χ1) is 27.4. The molecule has 3 N–H and O–H groups in total. The third-order valence-electron chi connectivity index (χ3n) is 11.7. The number of hydrogen-bond donors (Lipinski definition) is 2. The Morgan fingerprint density at radius 3 is 2.07 bits per heavy atom. The number of hydrogen-bond acceptors (Lipinski definition) is 3. The van der Waals surface area contributed by atoms with E-state index in [0.29, 0.717) is 0 Å². The van der Waals surface area contributed by atoms with Crippen molar-refractivity contribution in [3.8, 4) is 33.4 Å². The first-order valence-electron chi connectivity index (χ1n) is 19.5. The SMILES string of the molecule is CC1(C)c2cc3ccccc3cc2-c2c(-c3cccc(/C=C/C(NC(N)c4ccccc4)c4cccc(-c5cccc6sc7ccccc7c56)c4)c3)cccc21. The highest BCUT2D eigenvalue weighted by atomic mass is 32.1. The standard InChI is InChI=1S/C53H42N2S/c1-53(2)45-25-12-23-41(50(45)44-32-36-17-6-7-18-37(36)33-46(44)53)38-19-10-14-34(30-38)28-29-47(55-52(54)35-15-4-3-5-16-35)40-21-11-20-39(31-40)42-24-13-27-49-51(42)43-22-8-9-26-48(43)56-49/h3-33,47,52,55H,54H2,1-2H3/b29-28+. The molecule has 270 valence electrons. The Hall–Kier alpha value is -6.10. The molecule has 1 heterocycles. The van der Waals surface area contributed by atoms with Gasteiger partial charge in [-0.3, -0.25) is 5.32 Å². The third kappa shape index (κ3) is 5.97. The maximum atomic E-state index is 6.88. The molecule has 0 saturated carbocycles. The average molecular weight is 739 g/mol. The minimum atomic E-state index is -0.350. The fourth-order valence-corrected chi connectivity index (χ4v) is 9.99. The van der Waals surface area contributed by atoms with Gasteiger partial charge in [-0.2, -0.15) is 0 Å². The van der Waals surface area contributed by atoms with Crippen molar-refractivity contribution in [1.82, 2.24) is 5.32 Å². The summed E-state index contributed by atoms with van der Waals surface area (Å²) in [6.45, 7) is 4.72. The molecule has 3 heteroatoms. The number of fused-ring (bicyclic) bond motifs is 7. The van der Waals surface area contributed by atoms with Crippen LogP contribution in [0.25, 0.3) is 70.4 Å². The molecule has 10 rings (SSSR count). The van der Waals surface area contributed by atoms with Gasteiger partial charge in [0.25, 0.3) is 0 Å². The summed E-state index contributed by atoms with van der Waals surface area (Å²) in [4.78, 5) is 0. The topological polar surface area (TPSA) is 38.0 Å². The maximum Gasteiger partial charge on any atom is 0.0817 e. The van der Waals surface area contributed by atoms with E-state index in [0.717, 1.165) is 16.7 Å². The summed E-state index contributed by atoms with van der Waals surface area (Å²) in [7, 11) is 0. The molecule has 1 aliphatic rings. The van der Waals surface area contributed by atoms with E-state index in [1.54, 1.807) is 0 Å². The molecular weight excluding hydrogens is 697 g/mol. The number of rotatable bonds is 8. The van der Waals surface area contributed by atoms with Crippen molar-refractivity contribution in [2.75, 3.05) is 0 Å². The zero-order valence-electron chi connectivity index (χ0n) is 31.5. The lowest BCUT2D eigenvalue weighted by Gasteiger charge is -2.22. The molecule has 56 heavy (non-hydrogen) atoms. The summed E-state index contributed by atoms with van der Waals surface area (Å²) in [6.07, 6.45) is 4.16. The Balaban J connectivity index is 1.04. The Morgan fingerprint density at radius 2 is 1.21 bits per heavy atom. The van der Waals surface area contributed by atoms with Crippen LogP contribution in [-0.4, -0.2) is 0 Å². The predicted molar refractivity (Wildman–Crippen MR) is 240 cm³/mol. The van der Waals surface area contributed by atoms with E-state index in [1.807, 2.05) is 29.5 Å². The van der Waals surface area contributed by atoms with Gasteiger partial charge in [-0.1, -0.05) is 166 Å². The van der Waals surface area contributed by atoms with Crippen LogP contribution in [0, 0.1) is 0 Å². The fraction of sp³-hybridized carbons (Fsp3) is 0.0943. The maximum absolute atomic E-state index is 6.88. The smallest absolute Gasteiger partial charge is 0.0817 e. The molecular formula is C53H42N2S. The quantitative estimate of drug-likeness (QED) is 0.152. The third-order valence-corrected chi connectivity index (χ3v) is 12.9. The molecule has 0 aliphatic heterocycles. The van der Waals surface area contributed by atoms with Gasteiger partial charge in [-0.25, -0.2) is 0 Å². The first kappa shape index (κ1) is 34.4. The monoisotopic (exact) mass is 738 g/mol. The summed E-state index contributed by atoms with van der Waals surface area (Å²) in [5.74, 6) is 0. The Bertz CT molecular complexity index is 2950. The minimum absolute atomic E-state index is 0.0881. The van der Waals surface area contributed by atoms with Crippen molar-refractivity contribution in [1.29, 1.82) is 0 Å². The molecule has 2 atom stereocenters. The van der Waals surface area contributed by atoms with Crippen molar-refractivity contribution in [3.05, 3.63) is 210 Å². The predicted octanol–water partition coefficient (Wildman–Crippen LogP) is 13.8. The van der Waals surface area contributed by atoms with Crippen molar-refractivity contribution in [3.63, 3.8) is 0 Å². The van der Waals surface area contributed by atoms with Crippen LogP contribution in [0.5, 0.6) is 0 Å². The molecule has 1 aliphatic carbocycles. The largest absolute Gasteiger partial charge is 0.312 e. The number of nitrogens with two attached hydrogens (primary N) is 1. The molecule has 2 nitrogen and oxygen atoms in total. The zero-order valence-corrected chi connectivity index (χ0v) is 32.4. The van der Waals surface area contributed by atoms with E-state index in [1.165, 1.54) is 75.5 Å². The van der Waals surface area contributed by atoms with Crippen LogP contribution in [0.1, 0.15) is 53.9 Å². The van der Waals surface area contributed by atoms with Crippen LogP contribution >= 0.6 is 11.3 Å². The van der Waals surface area contributed by atoms with Crippen molar-refractivity contribution in [2.45, 2.75) is 31.5 Å². The van der Waals surface area contributed by atoms with Crippen LogP contribution in [-0.2, 0) is 5.41 Å². The lowest BCUT2D eigenvalue weighted by molar-refractivity contribution is 0.509. The van der Waals surface area contributed by atoms with Gasteiger partial charge in [0.05, 0.1) is 12.2 Å². The Labute approximate surface area is 332 Å². The van der Waals surface area contributed by atoms with Crippen molar-refractivity contribution >= 4 is 48.4 Å². The molecule has 1 aromatic heterocycles. The molecule has 8 aromatic carbocycles. The van der Waals surface area contributed by atoms with Gasteiger partial charge in [0.2, 0.25) is 0 Å². The lowest BCUT2D eigenvalue weighted by Crippen LogP contribution is -2.31. The zero-order chi connectivity index (χ0) is 37.8. The Morgan fingerprint density at radius 1 is 0.554 bits per heavy atom. The van der Waals surface area contributed by atoms with Gasteiger partial charge in [-0.05, 0) is 108 Å². The lowest BCUT2D eigenvalue weighted by atomic mass is 9.81. The summed E-state index contributed by atoms with van der Waals surface area (Å²) >= 11 is 1.86. The molecule has 0 spiro atoms. The second kappa shape index (κ2) is 13.9. The molecule has 0 amide bonds. The molecule has 0 saturated heterocycles. The van der Waals surface area contributed by atoms with Crippen molar-refractivity contribution < 1.29 is 0 Å². The second-order valence-corrected chi connectivity index (χ2v) is 16.6. The van der Waals surface area contributed by atoms with Crippen LogP contribution in [0.15, 0.2) is 182 Å². The van der Waals surface area contributed by atoms with E-state index >= 15 is 0 Å². The normalized spacial score (nSPS) is 14.3. The molecule has 9 aromatic rings. The van der Waals surface area contributed by atoms with Gasteiger partial charge in [-0.15, -0.1) is 11.3 Å². The summed E-state index contributed by atoms with van der Waals surface area (Å²) < 4.78 is 2.62. The molecule has 0 bridgehead atoms. The van der Waals surface area contributed by atoms with Gasteiger partial charge >= 0.3 is 0 Å². The van der Waals surface area contributed by atoms with Gasteiger partial charge in [0.1, 0.15) is 0 Å². The molecule has 2 unspecified atom stereocenters. The van der Waals surface area contributed by atoms with Gasteiger partial charge in [0.15, 0.2) is 0 Å². The van der Waals surface area contributed by atoms with Crippen molar-refractivity contribution in [2.24, 2.45) is 5.73 Å². The molecule has 0 radical (unpaired) electrons. The summed E-state index contributed by atoms with van der Waals surface area (Å²) in [5.41, 5.74) is 20.5. The average Bonchev–Trinajstić information content (AvgIpc) is 3.73.